The number of rotatable bonds is 4. The van der Waals surface area contributed by atoms with Crippen molar-refractivity contribution in [1.82, 2.24) is 25.6 Å². The Labute approximate surface area is 97.6 Å². The Kier molecular flexibility index (Phi) is 2.99. The van der Waals surface area contributed by atoms with E-state index in [1.807, 2.05) is 13.8 Å². The monoisotopic (exact) mass is 235 g/mol. The van der Waals surface area contributed by atoms with Gasteiger partial charge < -0.3 is 4.52 Å². The number of nitrogens with one attached hydrogen (secondary N) is 1. The molecule has 0 radical (unpaired) electrons. The summed E-state index contributed by atoms with van der Waals surface area (Å²) in [6, 6.07) is 0. The summed E-state index contributed by atoms with van der Waals surface area (Å²) in [5.74, 6) is 0.405. The molecule has 0 saturated carbocycles. The lowest BCUT2D eigenvalue weighted by Gasteiger charge is -2.12. The van der Waals surface area contributed by atoms with Crippen LogP contribution in [-0.4, -0.2) is 31.3 Å². The largest absolute Gasteiger partial charge is 0.338 e. The number of aromatic amines is 1. The van der Waals surface area contributed by atoms with Crippen LogP contribution in [0, 0.1) is 5.92 Å². The maximum absolute atomic E-state index is 11.5. The minimum Gasteiger partial charge on any atom is -0.338 e. The van der Waals surface area contributed by atoms with Gasteiger partial charge in [0.15, 0.2) is 5.69 Å². The van der Waals surface area contributed by atoms with Crippen molar-refractivity contribution in [1.29, 1.82) is 0 Å². The molecule has 0 saturated heterocycles. The van der Waals surface area contributed by atoms with Crippen LogP contribution in [0.15, 0.2) is 10.7 Å². The SMILES string of the molecule is CC(=O)C(c1nc(-c2cn[nH]n2)no1)C(C)C. The van der Waals surface area contributed by atoms with Gasteiger partial charge in [-0.1, -0.05) is 19.0 Å². The molecule has 0 aliphatic rings. The lowest BCUT2D eigenvalue weighted by Crippen LogP contribution is -2.15. The number of Topliss-reactive ketones (excluding diaryl/α,β-unsaturated/α-hetero) is 1. The van der Waals surface area contributed by atoms with Gasteiger partial charge in [-0.3, -0.25) is 4.79 Å². The number of carbonyl (C=O) groups is 1. The number of carbonyl (C=O) groups excluding carboxylic acids is 1. The van der Waals surface area contributed by atoms with Crippen molar-refractivity contribution in [2.45, 2.75) is 26.7 Å². The third kappa shape index (κ3) is 2.22. The second-order valence-electron chi connectivity index (χ2n) is 4.14. The van der Waals surface area contributed by atoms with E-state index in [1.165, 1.54) is 13.1 Å². The Balaban J connectivity index is 2.31. The van der Waals surface area contributed by atoms with Crippen molar-refractivity contribution in [3.8, 4) is 11.5 Å². The first-order valence-electron chi connectivity index (χ1n) is 5.29. The highest BCUT2D eigenvalue weighted by atomic mass is 16.5. The van der Waals surface area contributed by atoms with Gasteiger partial charge in [-0.25, -0.2) is 0 Å². The second-order valence-corrected chi connectivity index (χ2v) is 4.14. The molecule has 2 rings (SSSR count). The predicted octanol–water partition coefficient (Wildman–Crippen LogP) is 1.18. The maximum Gasteiger partial charge on any atom is 0.237 e. The van der Waals surface area contributed by atoms with E-state index in [1.54, 1.807) is 0 Å². The van der Waals surface area contributed by atoms with Crippen molar-refractivity contribution in [2.75, 3.05) is 0 Å². The average Bonchev–Trinajstić information content (AvgIpc) is 2.83. The lowest BCUT2D eigenvalue weighted by atomic mass is 9.92. The molecule has 0 spiro atoms. The molecular formula is C10H13N5O2. The van der Waals surface area contributed by atoms with E-state index in [0.29, 0.717) is 17.4 Å². The number of hydrogen-bond donors (Lipinski definition) is 1. The summed E-state index contributed by atoms with van der Waals surface area (Å²) >= 11 is 0. The molecule has 2 aromatic heterocycles. The summed E-state index contributed by atoms with van der Waals surface area (Å²) in [6.45, 7) is 5.39. The first-order chi connectivity index (χ1) is 8.09. The molecule has 1 N–H and O–H groups in total. The fourth-order valence-electron chi connectivity index (χ4n) is 1.70. The van der Waals surface area contributed by atoms with E-state index in [-0.39, 0.29) is 17.6 Å². The van der Waals surface area contributed by atoms with Crippen molar-refractivity contribution >= 4 is 5.78 Å². The Morgan fingerprint density at radius 1 is 1.47 bits per heavy atom. The van der Waals surface area contributed by atoms with E-state index in [4.69, 9.17) is 4.52 Å². The van der Waals surface area contributed by atoms with Crippen LogP contribution in [-0.2, 0) is 4.79 Å². The summed E-state index contributed by atoms with van der Waals surface area (Å²) in [6.07, 6.45) is 1.49. The van der Waals surface area contributed by atoms with Crippen LogP contribution in [0.1, 0.15) is 32.6 Å². The first kappa shape index (κ1) is 11.4. The lowest BCUT2D eigenvalue weighted by molar-refractivity contribution is -0.119. The van der Waals surface area contributed by atoms with Gasteiger partial charge in [0.1, 0.15) is 5.78 Å². The molecule has 2 aromatic rings. The molecule has 2 heterocycles. The van der Waals surface area contributed by atoms with Gasteiger partial charge >= 0.3 is 0 Å². The van der Waals surface area contributed by atoms with Crippen LogP contribution in [0.3, 0.4) is 0 Å². The van der Waals surface area contributed by atoms with Crippen LogP contribution in [0.4, 0.5) is 0 Å². The third-order valence-electron chi connectivity index (χ3n) is 2.46. The summed E-state index contributed by atoms with van der Waals surface area (Å²) in [5, 5.41) is 13.7. The summed E-state index contributed by atoms with van der Waals surface area (Å²) < 4.78 is 5.11. The van der Waals surface area contributed by atoms with Crippen LogP contribution < -0.4 is 0 Å². The number of nitrogens with zero attached hydrogens (tertiary/aromatic N) is 4. The van der Waals surface area contributed by atoms with E-state index in [2.05, 4.69) is 25.6 Å². The molecule has 0 fully saturated rings. The van der Waals surface area contributed by atoms with Gasteiger partial charge in [0.05, 0.1) is 12.1 Å². The molecule has 0 aliphatic carbocycles. The highest BCUT2D eigenvalue weighted by Crippen LogP contribution is 2.25. The molecule has 17 heavy (non-hydrogen) atoms. The molecule has 1 unspecified atom stereocenters. The molecule has 0 bridgehead atoms. The van der Waals surface area contributed by atoms with Crippen LogP contribution >= 0.6 is 0 Å². The fraction of sp³-hybridized carbons (Fsp3) is 0.500. The maximum atomic E-state index is 11.5. The first-order valence-corrected chi connectivity index (χ1v) is 5.29. The van der Waals surface area contributed by atoms with Crippen LogP contribution in [0.2, 0.25) is 0 Å². The topological polar surface area (TPSA) is 97.6 Å². The Morgan fingerprint density at radius 3 is 2.76 bits per heavy atom. The highest BCUT2D eigenvalue weighted by molar-refractivity contribution is 5.82. The zero-order chi connectivity index (χ0) is 12.4. The predicted molar refractivity (Wildman–Crippen MR) is 57.9 cm³/mol. The Bertz CT molecular complexity index is 503. The van der Waals surface area contributed by atoms with Gasteiger partial charge in [-0.2, -0.15) is 20.4 Å². The zero-order valence-electron chi connectivity index (χ0n) is 9.84. The standard InChI is InChI=1S/C10H13N5O2/c1-5(2)8(6(3)16)10-12-9(14-17-10)7-4-11-15-13-7/h4-5,8H,1-3H3,(H,11,13,15). The van der Waals surface area contributed by atoms with Crippen molar-refractivity contribution in [2.24, 2.45) is 5.92 Å². The minimum atomic E-state index is -0.372. The average molecular weight is 235 g/mol. The molecule has 7 heteroatoms. The van der Waals surface area contributed by atoms with Crippen LogP contribution in [0.25, 0.3) is 11.5 Å². The molecule has 0 aromatic carbocycles. The van der Waals surface area contributed by atoms with Gasteiger partial charge in [-0.05, 0) is 12.8 Å². The fourth-order valence-corrected chi connectivity index (χ4v) is 1.70. The molecular weight excluding hydrogens is 222 g/mol. The molecule has 90 valence electrons. The van der Waals surface area contributed by atoms with Crippen molar-refractivity contribution in [3.63, 3.8) is 0 Å². The van der Waals surface area contributed by atoms with E-state index in [0.717, 1.165) is 0 Å². The summed E-state index contributed by atoms with van der Waals surface area (Å²) in [4.78, 5) is 15.7. The highest BCUT2D eigenvalue weighted by Gasteiger charge is 2.27. The molecule has 0 aliphatic heterocycles. The summed E-state index contributed by atoms with van der Waals surface area (Å²) in [7, 11) is 0. The molecule has 0 amide bonds. The summed E-state index contributed by atoms with van der Waals surface area (Å²) in [5.41, 5.74) is 0.492. The Morgan fingerprint density at radius 2 is 2.24 bits per heavy atom. The molecule has 7 nitrogen and oxygen atoms in total. The van der Waals surface area contributed by atoms with Gasteiger partial charge in [0.2, 0.25) is 11.7 Å². The van der Waals surface area contributed by atoms with Crippen molar-refractivity contribution < 1.29 is 9.32 Å². The molecule has 1 atom stereocenters. The smallest absolute Gasteiger partial charge is 0.237 e. The van der Waals surface area contributed by atoms with Gasteiger partial charge in [0.25, 0.3) is 0 Å². The number of H-pyrrole nitrogens is 1. The quantitative estimate of drug-likeness (QED) is 0.854. The van der Waals surface area contributed by atoms with E-state index < -0.39 is 0 Å². The third-order valence-corrected chi connectivity index (χ3v) is 2.46. The minimum absolute atomic E-state index is 0.00959. The van der Waals surface area contributed by atoms with Crippen LogP contribution in [0.5, 0.6) is 0 Å². The van der Waals surface area contributed by atoms with E-state index in [9.17, 15) is 4.79 Å². The van der Waals surface area contributed by atoms with Gasteiger partial charge in [0, 0.05) is 0 Å². The normalized spacial score (nSPS) is 12.9. The second kappa shape index (κ2) is 4.44. The Hall–Kier alpha value is -2.05. The zero-order valence-corrected chi connectivity index (χ0v) is 9.84. The van der Waals surface area contributed by atoms with Gasteiger partial charge in [-0.15, -0.1) is 0 Å². The van der Waals surface area contributed by atoms with E-state index >= 15 is 0 Å². The number of aromatic nitrogens is 5. The number of ketones is 1. The number of hydrogen-bond acceptors (Lipinski definition) is 6. The van der Waals surface area contributed by atoms with Crippen molar-refractivity contribution in [3.05, 3.63) is 12.1 Å².